The Labute approximate surface area is 54.2 Å². The van der Waals surface area contributed by atoms with Crippen LogP contribution in [-0.4, -0.2) is 18.1 Å². The quantitative estimate of drug-likeness (QED) is 0.422. The molecule has 0 aliphatic rings. The van der Waals surface area contributed by atoms with Crippen LogP contribution in [-0.2, 0) is 9.59 Å². The van der Waals surface area contributed by atoms with Gasteiger partial charge in [-0.2, -0.15) is 0 Å². The van der Waals surface area contributed by atoms with Crippen molar-refractivity contribution in [1.82, 2.24) is 0 Å². The average Bonchev–Trinajstić information content (AvgIpc) is 1.84. The highest BCUT2D eigenvalue weighted by molar-refractivity contribution is 5.97. The summed E-state index contributed by atoms with van der Waals surface area (Å²) in [7, 11) is 0. The number of hydrogen-bond acceptors (Lipinski definition) is 3. The van der Waals surface area contributed by atoms with E-state index in [-0.39, 0.29) is 11.7 Å². The molecule has 0 aromatic heterocycles. The molecule has 3 nitrogen and oxygen atoms in total. The number of rotatable bonds is 3. The van der Waals surface area contributed by atoms with Crippen molar-refractivity contribution in [2.24, 2.45) is 11.7 Å². The topological polar surface area (TPSA) is 60.2 Å². The predicted octanol–water partition coefficient (Wildman–Crippen LogP) is -0.262. The zero-order chi connectivity index (χ0) is 7.44. The van der Waals surface area contributed by atoms with Crippen molar-refractivity contribution < 1.29 is 9.59 Å². The molecule has 1 unspecified atom stereocenters. The maximum atomic E-state index is 10.7. The first-order chi connectivity index (χ1) is 4.09. The summed E-state index contributed by atoms with van der Waals surface area (Å²) in [5, 5.41) is 0. The monoisotopic (exact) mass is 129 g/mol. The van der Waals surface area contributed by atoms with Gasteiger partial charge < -0.3 is 10.5 Å². The minimum Gasteiger partial charge on any atom is -0.316 e. The number of carbonyl (C=O) groups excluding carboxylic acids is 2. The Morgan fingerprint density at radius 3 is 2.11 bits per heavy atom. The first-order valence-electron chi connectivity index (χ1n) is 2.84. The van der Waals surface area contributed by atoms with E-state index in [1.165, 1.54) is 0 Å². The molecule has 0 aromatic carbocycles. The molecule has 0 saturated heterocycles. The SMILES string of the molecule is CC(C)C(=O)C(N)C=O. The summed E-state index contributed by atoms with van der Waals surface area (Å²) >= 11 is 0. The van der Waals surface area contributed by atoms with E-state index >= 15 is 0 Å². The molecule has 0 amide bonds. The van der Waals surface area contributed by atoms with E-state index in [1.54, 1.807) is 13.8 Å². The summed E-state index contributed by atoms with van der Waals surface area (Å²) in [5.41, 5.74) is 5.10. The van der Waals surface area contributed by atoms with Crippen LogP contribution in [0, 0.1) is 5.92 Å². The molecule has 0 aliphatic carbocycles. The highest BCUT2D eigenvalue weighted by atomic mass is 16.1. The summed E-state index contributed by atoms with van der Waals surface area (Å²) in [4.78, 5) is 20.6. The second kappa shape index (κ2) is 3.35. The normalized spacial score (nSPS) is 13.3. The third kappa shape index (κ3) is 2.37. The average molecular weight is 129 g/mol. The molecule has 0 radical (unpaired) electrons. The van der Waals surface area contributed by atoms with Gasteiger partial charge in [-0.15, -0.1) is 0 Å². The van der Waals surface area contributed by atoms with Crippen LogP contribution in [0.5, 0.6) is 0 Å². The molecule has 0 aliphatic heterocycles. The third-order valence-electron chi connectivity index (χ3n) is 1.04. The van der Waals surface area contributed by atoms with Crippen LogP contribution in [0.2, 0.25) is 0 Å². The van der Waals surface area contributed by atoms with Crippen LogP contribution in [0.4, 0.5) is 0 Å². The summed E-state index contributed by atoms with van der Waals surface area (Å²) in [5.74, 6) is -0.352. The maximum Gasteiger partial charge on any atom is 0.159 e. The van der Waals surface area contributed by atoms with E-state index in [1.807, 2.05) is 0 Å². The van der Waals surface area contributed by atoms with Gasteiger partial charge in [0.1, 0.15) is 12.3 Å². The molecule has 1 atom stereocenters. The fraction of sp³-hybridized carbons (Fsp3) is 0.667. The standard InChI is InChI=1S/C6H11NO2/c1-4(2)6(9)5(7)3-8/h3-5H,7H2,1-2H3. The van der Waals surface area contributed by atoms with Gasteiger partial charge in [0.05, 0.1) is 0 Å². The lowest BCUT2D eigenvalue weighted by Gasteiger charge is -2.04. The number of ketones is 1. The molecule has 0 saturated carbocycles. The molecule has 0 spiro atoms. The summed E-state index contributed by atoms with van der Waals surface area (Å²) in [6.45, 7) is 3.43. The molecular weight excluding hydrogens is 118 g/mol. The largest absolute Gasteiger partial charge is 0.316 e. The molecule has 3 heteroatoms. The first kappa shape index (κ1) is 8.30. The van der Waals surface area contributed by atoms with Gasteiger partial charge in [0, 0.05) is 5.92 Å². The van der Waals surface area contributed by atoms with Crippen LogP contribution in [0.25, 0.3) is 0 Å². The first-order valence-corrected chi connectivity index (χ1v) is 2.84. The van der Waals surface area contributed by atoms with E-state index in [9.17, 15) is 9.59 Å². The van der Waals surface area contributed by atoms with Gasteiger partial charge in [-0.05, 0) is 0 Å². The van der Waals surface area contributed by atoms with Crippen molar-refractivity contribution in [3.05, 3.63) is 0 Å². The Kier molecular flexibility index (Phi) is 3.09. The minimum atomic E-state index is -0.926. The highest BCUT2D eigenvalue weighted by Crippen LogP contribution is 1.94. The van der Waals surface area contributed by atoms with E-state index in [0.29, 0.717) is 6.29 Å². The lowest BCUT2D eigenvalue weighted by molar-refractivity contribution is -0.126. The van der Waals surface area contributed by atoms with Crippen molar-refractivity contribution >= 4 is 12.1 Å². The van der Waals surface area contributed by atoms with Gasteiger partial charge in [0.2, 0.25) is 0 Å². The number of Topliss-reactive ketones (excluding diaryl/α,β-unsaturated/α-hetero) is 1. The van der Waals surface area contributed by atoms with Gasteiger partial charge in [-0.1, -0.05) is 13.8 Å². The number of hydrogen-bond donors (Lipinski definition) is 1. The molecule has 0 aromatic rings. The van der Waals surface area contributed by atoms with Crippen LogP contribution >= 0.6 is 0 Å². The zero-order valence-corrected chi connectivity index (χ0v) is 5.63. The lowest BCUT2D eigenvalue weighted by Crippen LogP contribution is -2.34. The molecular formula is C6H11NO2. The zero-order valence-electron chi connectivity index (χ0n) is 5.63. The Morgan fingerprint density at radius 2 is 2.00 bits per heavy atom. The van der Waals surface area contributed by atoms with Gasteiger partial charge in [0.25, 0.3) is 0 Å². The number of nitrogens with two attached hydrogens (primary N) is 1. The lowest BCUT2D eigenvalue weighted by atomic mass is 10.0. The van der Waals surface area contributed by atoms with Crippen LogP contribution < -0.4 is 5.73 Å². The Balaban J connectivity index is 3.87. The predicted molar refractivity (Wildman–Crippen MR) is 33.9 cm³/mol. The number of carbonyl (C=O) groups is 2. The summed E-state index contributed by atoms with van der Waals surface area (Å²) in [6.07, 6.45) is 0.461. The van der Waals surface area contributed by atoms with Crippen LogP contribution in [0.1, 0.15) is 13.8 Å². The fourth-order valence-electron chi connectivity index (χ4n) is 0.452. The summed E-state index contributed by atoms with van der Waals surface area (Å²) < 4.78 is 0. The Bertz CT molecular complexity index is 120. The fourth-order valence-corrected chi connectivity index (χ4v) is 0.452. The van der Waals surface area contributed by atoms with E-state index in [0.717, 1.165) is 0 Å². The maximum absolute atomic E-state index is 10.7. The van der Waals surface area contributed by atoms with Crippen molar-refractivity contribution in [3.63, 3.8) is 0 Å². The molecule has 52 valence electrons. The van der Waals surface area contributed by atoms with E-state index in [2.05, 4.69) is 0 Å². The smallest absolute Gasteiger partial charge is 0.159 e. The van der Waals surface area contributed by atoms with E-state index < -0.39 is 6.04 Å². The van der Waals surface area contributed by atoms with Gasteiger partial charge in [-0.3, -0.25) is 4.79 Å². The van der Waals surface area contributed by atoms with Crippen LogP contribution in [0.15, 0.2) is 0 Å². The second-order valence-corrected chi connectivity index (χ2v) is 2.22. The molecule has 9 heavy (non-hydrogen) atoms. The molecule has 0 bridgehead atoms. The minimum absolute atomic E-state index is 0.148. The van der Waals surface area contributed by atoms with Crippen molar-refractivity contribution in [3.8, 4) is 0 Å². The Morgan fingerprint density at radius 1 is 1.56 bits per heavy atom. The van der Waals surface area contributed by atoms with Gasteiger partial charge >= 0.3 is 0 Å². The highest BCUT2D eigenvalue weighted by Gasteiger charge is 2.14. The van der Waals surface area contributed by atoms with Gasteiger partial charge in [-0.25, -0.2) is 0 Å². The van der Waals surface area contributed by atoms with Crippen molar-refractivity contribution in [2.45, 2.75) is 19.9 Å². The molecule has 0 rings (SSSR count). The van der Waals surface area contributed by atoms with Crippen LogP contribution in [0.3, 0.4) is 0 Å². The molecule has 0 fully saturated rings. The third-order valence-corrected chi connectivity index (χ3v) is 1.04. The molecule has 2 N–H and O–H groups in total. The van der Waals surface area contributed by atoms with E-state index in [4.69, 9.17) is 5.73 Å². The second-order valence-electron chi connectivity index (χ2n) is 2.22. The summed E-state index contributed by atoms with van der Waals surface area (Å²) in [6, 6.07) is -0.926. The number of aldehydes is 1. The van der Waals surface area contributed by atoms with Crippen molar-refractivity contribution in [2.75, 3.05) is 0 Å². The van der Waals surface area contributed by atoms with Gasteiger partial charge in [0.15, 0.2) is 5.78 Å². The van der Waals surface area contributed by atoms with Crippen molar-refractivity contribution in [1.29, 1.82) is 0 Å². The Hall–Kier alpha value is -0.700. The molecule has 0 heterocycles.